The van der Waals surface area contributed by atoms with Gasteiger partial charge in [-0.2, -0.15) is 0 Å². The van der Waals surface area contributed by atoms with Crippen molar-refractivity contribution in [1.29, 1.82) is 0 Å². The molecule has 0 bridgehead atoms. The van der Waals surface area contributed by atoms with E-state index >= 15 is 0 Å². The normalized spacial score (nSPS) is 10.3. The Hall–Kier alpha value is -1.87. The van der Waals surface area contributed by atoms with Crippen molar-refractivity contribution in [3.63, 3.8) is 0 Å². The molecule has 0 aliphatic rings. The van der Waals surface area contributed by atoms with Crippen LogP contribution in [0.3, 0.4) is 0 Å². The van der Waals surface area contributed by atoms with Gasteiger partial charge in [-0.1, -0.05) is 23.8 Å². The van der Waals surface area contributed by atoms with Crippen molar-refractivity contribution >= 4 is 0 Å². The molecule has 0 fully saturated rings. The van der Waals surface area contributed by atoms with Gasteiger partial charge < -0.3 is 10.5 Å². The van der Waals surface area contributed by atoms with Crippen LogP contribution in [0.15, 0.2) is 42.5 Å². The zero-order valence-electron chi connectivity index (χ0n) is 9.61. The number of rotatable bonds is 3. The fraction of sp³-hybridized carbons (Fsp3) is 0.143. The second-order valence-electron chi connectivity index (χ2n) is 3.88. The first kappa shape index (κ1) is 11.6. The van der Waals surface area contributed by atoms with Gasteiger partial charge in [-0.25, -0.2) is 4.39 Å². The molecule has 0 atom stereocenters. The number of aryl methyl sites for hydroxylation is 1. The van der Waals surface area contributed by atoms with Crippen LogP contribution in [0.25, 0.3) is 0 Å². The van der Waals surface area contributed by atoms with Crippen LogP contribution in [-0.2, 0) is 6.54 Å². The van der Waals surface area contributed by atoms with Gasteiger partial charge in [0.1, 0.15) is 5.75 Å². The van der Waals surface area contributed by atoms with E-state index in [2.05, 4.69) is 0 Å². The predicted octanol–water partition coefficient (Wildman–Crippen LogP) is 3.39. The molecular weight excluding hydrogens is 217 g/mol. The Morgan fingerprint density at radius 2 is 1.82 bits per heavy atom. The third kappa shape index (κ3) is 2.82. The summed E-state index contributed by atoms with van der Waals surface area (Å²) >= 11 is 0. The molecule has 0 unspecified atom stereocenters. The van der Waals surface area contributed by atoms with Gasteiger partial charge in [0.05, 0.1) is 0 Å². The molecule has 0 aromatic heterocycles. The Balaban J connectivity index is 2.21. The highest BCUT2D eigenvalue weighted by Crippen LogP contribution is 2.25. The molecule has 2 N–H and O–H groups in total. The summed E-state index contributed by atoms with van der Waals surface area (Å²) in [5.41, 5.74) is 7.31. The van der Waals surface area contributed by atoms with Gasteiger partial charge in [0.25, 0.3) is 0 Å². The van der Waals surface area contributed by atoms with Gasteiger partial charge in [-0.05, 0) is 36.8 Å². The van der Waals surface area contributed by atoms with Crippen LogP contribution in [0.1, 0.15) is 11.1 Å². The highest BCUT2D eigenvalue weighted by molar-refractivity contribution is 5.35. The zero-order chi connectivity index (χ0) is 12.3. The maximum atomic E-state index is 13.6. The molecule has 17 heavy (non-hydrogen) atoms. The van der Waals surface area contributed by atoms with Gasteiger partial charge in [-0.15, -0.1) is 0 Å². The van der Waals surface area contributed by atoms with Crippen LogP contribution in [0.2, 0.25) is 0 Å². The average molecular weight is 231 g/mol. The standard InChI is InChI=1S/C14H14FNO/c1-10-2-5-12(6-3-10)17-14-7-4-11(9-16)8-13(14)15/h2-8H,9,16H2,1H3. The number of hydrogen-bond donors (Lipinski definition) is 1. The summed E-state index contributed by atoms with van der Waals surface area (Å²) in [6.45, 7) is 2.31. The zero-order valence-corrected chi connectivity index (χ0v) is 9.61. The summed E-state index contributed by atoms with van der Waals surface area (Å²) in [5, 5.41) is 0. The molecule has 2 rings (SSSR count). The van der Waals surface area contributed by atoms with Crippen LogP contribution in [-0.4, -0.2) is 0 Å². The Bertz CT molecular complexity index is 508. The molecule has 3 heteroatoms. The van der Waals surface area contributed by atoms with E-state index in [0.29, 0.717) is 12.3 Å². The number of halogens is 1. The molecule has 88 valence electrons. The Morgan fingerprint density at radius 1 is 1.12 bits per heavy atom. The lowest BCUT2D eigenvalue weighted by atomic mass is 10.2. The van der Waals surface area contributed by atoms with Gasteiger partial charge in [0.15, 0.2) is 11.6 Å². The predicted molar refractivity (Wildman–Crippen MR) is 65.5 cm³/mol. The minimum atomic E-state index is -0.395. The number of ether oxygens (including phenoxy) is 1. The molecule has 2 aromatic carbocycles. The highest BCUT2D eigenvalue weighted by atomic mass is 19.1. The maximum absolute atomic E-state index is 13.6. The lowest BCUT2D eigenvalue weighted by Crippen LogP contribution is -1.97. The van der Waals surface area contributed by atoms with Crippen LogP contribution >= 0.6 is 0 Å². The van der Waals surface area contributed by atoms with Crippen molar-refractivity contribution in [3.05, 3.63) is 59.4 Å². The molecule has 0 aliphatic heterocycles. The fourth-order valence-electron chi connectivity index (χ4n) is 1.49. The van der Waals surface area contributed by atoms with Crippen LogP contribution < -0.4 is 10.5 Å². The monoisotopic (exact) mass is 231 g/mol. The number of nitrogens with two attached hydrogens (primary N) is 1. The van der Waals surface area contributed by atoms with E-state index in [1.165, 1.54) is 6.07 Å². The molecule has 0 aliphatic carbocycles. The summed E-state index contributed by atoms with van der Waals surface area (Å²) in [6, 6.07) is 12.2. The highest BCUT2D eigenvalue weighted by Gasteiger charge is 2.05. The topological polar surface area (TPSA) is 35.2 Å². The third-order valence-corrected chi connectivity index (χ3v) is 2.48. The summed E-state index contributed by atoms with van der Waals surface area (Å²) in [4.78, 5) is 0. The van der Waals surface area contributed by atoms with Gasteiger partial charge in [0, 0.05) is 6.54 Å². The first-order chi connectivity index (χ1) is 8.19. The largest absolute Gasteiger partial charge is 0.454 e. The molecule has 0 amide bonds. The Morgan fingerprint density at radius 3 is 2.41 bits per heavy atom. The molecule has 2 aromatic rings. The van der Waals surface area contributed by atoms with E-state index in [0.717, 1.165) is 11.1 Å². The molecule has 0 radical (unpaired) electrons. The van der Waals surface area contributed by atoms with Gasteiger partial charge >= 0.3 is 0 Å². The van der Waals surface area contributed by atoms with Crippen molar-refractivity contribution in [2.75, 3.05) is 0 Å². The molecule has 0 heterocycles. The second kappa shape index (κ2) is 4.97. The summed E-state index contributed by atoms with van der Waals surface area (Å²) in [6.07, 6.45) is 0. The molecule has 0 spiro atoms. The lowest BCUT2D eigenvalue weighted by molar-refractivity contribution is 0.441. The van der Waals surface area contributed by atoms with Crippen molar-refractivity contribution in [2.45, 2.75) is 13.5 Å². The molecule has 0 saturated heterocycles. The van der Waals surface area contributed by atoms with Gasteiger partial charge in [0.2, 0.25) is 0 Å². The first-order valence-electron chi connectivity index (χ1n) is 5.42. The smallest absolute Gasteiger partial charge is 0.166 e. The Labute approximate surface area is 99.8 Å². The van der Waals surface area contributed by atoms with Crippen LogP contribution in [0.5, 0.6) is 11.5 Å². The summed E-state index contributed by atoms with van der Waals surface area (Å²) in [7, 11) is 0. The minimum Gasteiger partial charge on any atom is -0.454 e. The minimum absolute atomic E-state index is 0.214. The fourth-order valence-corrected chi connectivity index (χ4v) is 1.49. The number of hydrogen-bond acceptors (Lipinski definition) is 2. The van der Waals surface area contributed by atoms with E-state index < -0.39 is 5.82 Å². The van der Waals surface area contributed by atoms with E-state index in [-0.39, 0.29) is 5.75 Å². The maximum Gasteiger partial charge on any atom is 0.166 e. The van der Waals surface area contributed by atoms with E-state index in [4.69, 9.17) is 10.5 Å². The number of benzene rings is 2. The van der Waals surface area contributed by atoms with E-state index in [1.807, 2.05) is 31.2 Å². The van der Waals surface area contributed by atoms with Crippen molar-refractivity contribution in [3.8, 4) is 11.5 Å². The van der Waals surface area contributed by atoms with Crippen LogP contribution in [0, 0.1) is 12.7 Å². The van der Waals surface area contributed by atoms with Crippen LogP contribution in [0.4, 0.5) is 4.39 Å². The van der Waals surface area contributed by atoms with E-state index in [9.17, 15) is 4.39 Å². The molecular formula is C14H14FNO. The van der Waals surface area contributed by atoms with Crippen molar-refractivity contribution < 1.29 is 9.13 Å². The van der Waals surface area contributed by atoms with Crippen molar-refractivity contribution in [1.82, 2.24) is 0 Å². The average Bonchev–Trinajstić information content (AvgIpc) is 2.34. The Kier molecular flexibility index (Phi) is 3.40. The van der Waals surface area contributed by atoms with Crippen molar-refractivity contribution in [2.24, 2.45) is 5.73 Å². The lowest BCUT2D eigenvalue weighted by Gasteiger charge is -2.08. The summed E-state index contributed by atoms with van der Waals surface area (Å²) < 4.78 is 19.1. The molecule has 2 nitrogen and oxygen atoms in total. The SMILES string of the molecule is Cc1ccc(Oc2ccc(CN)cc2F)cc1. The second-order valence-corrected chi connectivity index (χ2v) is 3.88. The quantitative estimate of drug-likeness (QED) is 0.878. The van der Waals surface area contributed by atoms with E-state index in [1.54, 1.807) is 12.1 Å². The van der Waals surface area contributed by atoms with Gasteiger partial charge in [-0.3, -0.25) is 0 Å². The third-order valence-electron chi connectivity index (χ3n) is 2.48. The summed E-state index contributed by atoms with van der Waals surface area (Å²) in [5.74, 6) is 0.439. The molecule has 0 saturated carbocycles. The first-order valence-corrected chi connectivity index (χ1v) is 5.42.